The molecule has 0 aliphatic heterocycles. The van der Waals surface area contributed by atoms with Crippen molar-refractivity contribution >= 4 is 57.8 Å². The molecule has 10 heteroatoms. The monoisotopic (exact) mass is 384 g/mol. The van der Waals surface area contributed by atoms with E-state index in [9.17, 15) is 14.9 Å². The molecule has 2 aromatic carbocycles. The average Bonchev–Trinajstić information content (AvgIpc) is 2.55. The molecule has 0 unspecified atom stereocenters. The van der Waals surface area contributed by atoms with E-state index in [0.717, 1.165) is 0 Å². The number of rotatable bonds is 4. The topological polar surface area (TPSA) is 96.3 Å². The van der Waals surface area contributed by atoms with Crippen LogP contribution >= 0.6 is 35.4 Å². The summed E-state index contributed by atoms with van der Waals surface area (Å²) in [6.45, 7) is 0. The molecule has 0 spiro atoms. The Hall–Kier alpha value is -2.42. The second kappa shape index (κ2) is 7.91. The highest BCUT2D eigenvalue weighted by Crippen LogP contribution is 2.22. The molecule has 0 heterocycles. The van der Waals surface area contributed by atoms with Crippen LogP contribution in [0.2, 0.25) is 10.0 Å². The first kappa shape index (κ1) is 17.9. The lowest BCUT2D eigenvalue weighted by Gasteiger charge is -2.11. The quantitative estimate of drug-likeness (QED) is 0.423. The van der Waals surface area contributed by atoms with Crippen molar-refractivity contribution in [1.82, 2.24) is 10.7 Å². The molecule has 0 aliphatic carbocycles. The molecule has 0 atom stereocenters. The second-order valence-electron chi connectivity index (χ2n) is 4.47. The number of nitro groups is 1. The van der Waals surface area contributed by atoms with Crippen LogP contribution in [0.1, 0.15) is 10.4 Å². The molecule has 2 aromatic rings. The highest BCUT2D eigenvalue weighted by Gasteiger charge is 2.10. The van der Waals surface area contributed by atoms with Gasteiger partial charge in [-0.2, -0.15) is 0 Å². The maximum Gasteiger partial charge on any atom is 0.269 e. The fraction of sp³-hybridized carbons (Fsp3) is 0. The number of hydrogen-bond acceptors (Lipinski definition) is 5. The van der Waals surface area contributed by atoms with Crippen LogP contribution in [0.3, 0.4) is 0 Å². The first-order valence-electron chi connectivity index (χ1n) is 6.43. The lowest BCUT2D eigenvalue weighted by atomic mass is 10.2. The van der Waals surface area contributed by atoms with E-state index < -0.39 is 10.8 Å². The Bertz CT molecular complexity index is 799. The third kappa shape index (κ3) is 4.79. The number of nitrogens with zero attached hydrogens (tertiary/aromatic N) is 1. The third-order valence-electron chi connectivity index (χ3n) is 2.81. The molecular weight excluding hydrogens is 375 g/mol. The molecule has 24 heavy (non-hydrogen) atoms. The van der Waals surface area contributed by atoms with Crippen molar-refractivity contribution in [2.75, 3.05) is 5.43 Å². The number of non-ortho nitro benzene ring substituents is 1. The number of nitrogens with one attached hydrogen (secondary N) is 3. The zero-order valence-electron chi connectivity index (χ0n) is 11.9. The number of thiocarbonyl (C=S) groups is 1. The SMILES string of the molecule is O=C(NC(=S)NNc1ccc([N+](=O)[O-])cc1)c1ccc(Cl)c(Cl)c1. The number of halogens is 2. The summed E-state index contributed by atoms with van der Waals surface area (Å²) in [7, 11) is 0. The van der Waals surface area contributed by atoms with Gasteiger partial charge in [-0.05, 0) is 42.5 Å². The first-order valence-corrected chi connectivity index (χ1v) is 7.60. The Kier molecular flexibility index (Phi) is 5.91. The van der Waals surface area contributed by atoms with Gasteiger partial charge in [-0.3, -0.25) is 31.1 Å². The van der Waals surface area contributed by atoms with Crippen LogP contribution in [0, 0.1) is 10.1 Å². The molecule has 0 fully saturated rings. The summed E-state index contributed by atoms with van der Waals surface area (Å²) in [6.07, 6.45) is 0. The number of carbonyl (C=O) groups is 1. The van der Waals surface area contributed by atoms with Crippen LogP contribution in [-0.2, 0) is 0 Å². The Morgan fingerprint density at radius 2 is 1.75 bits per heavy atom. The van der Waals surface area contributed by atoms with E-state index in [0.29, 0.717) is 16.3 Å². The van der Waals surface area contributed by atoms with E-state index in [1.807, 2.05) is 0 Å². The molecule has 0 bridgehead atoms. The summed E-state index contributed by atoms with van der Waals surface area (Å²) in [5.74, 6) is -0.462. The molecule has 124 valence electrons. The van der Waals surface area contributed by atoms with Gasteiger partial charge in [-0.15, -0.1) is 0 Å². The molecule has 2 rings (SSSR count). The van der Waals surface area contributed by atoms with Gasteiger partial charge in [0.05, 0.1) is 20.7 Å². The van der Waals surface area contributed by atoms with E-state index >= 15 is 0 Å². The number of anilines is 1. The number of hydrazine groups is 1. The maximum absolute atomic E-state index is 12.0. The van der Waals surface area contributed by atoms with E-state index in [-0.39, 0.29) is 15.8 Å². The Morgan fingerprint density at radius 3 is 2.33 bits per heavy atom. The van der Waals surface area contributed by atoms with Crippen molar-refractivity contribution in [2.24, 2.45) is 0 Å². The van der Waals surface area contributed by atoms with Crippen LogP contribution in [0.4, 0.5) is 11.4 Å². The van der Waals surface area contributed by atoms with Crippen LogP contribution < -0.4 is 16.2 Å². The molecule has 0 aromatic heterocycles. The van der Waals surface area contributed by atoms with Gasteiger partial charge < -0.3 is 0 Å². The van der Waals surface area contributed by atoms with Gasteiger partial charge in [0, 0.05) is 17.7 Å². The molecule has 7 nitrogen and oxygen atoms in total. The molecule has 1 amide bonds. The summed E-state index contributed by atoms with van der Waals surface area (Å²) in [5.41, 5.74) is 6.10. The van der Waals surface area contributed by atoms with Crippen molar-refractivity contribution in [3.8, 4) is 0 Å². The minimum Gasteiger partial charge on any atom is -0.299 e. The van der Waals surface area contributed by atoms with Crippen molar-refractivity contribution in [3.63, 3.8) is 0 Å². The fourth-order valence-electron chi connectivity index (χ4n) is 1.64. The van der Waals surface area contributed by atoms with Gasteiger partial charge in [-0.25, -0.2) is 0 Å². The predicted octanol–water partition coefficient (Wildman–Crippen LogP) is 3.53. The van der Waals surface area contributed by atoms with Gasteiger partial charge >= 0.3 is 0 Å². The Morgan fingerprint density at radius 1 is 1.08 bits per heavy atom. The summed E-state index contributed by atoms with van der Waals surface area (Å²) < 4.78 is 0. The molecular formula is C14H10Cl2N4O3S. The van der Waals surface area contributed by atoms with Gasteiger partial charge in [0.2, 0.25) is 0 Å². The van der Waals surface area contributed by atoms with Crippen molar-refractivity contribution in [3.05, 3.63) is 68.2 Å². The second-order valence-corrected chi connectivity index (χ2v) is 5.69. The first-order chi connectivity index (χ1) is 11.4. The standard InChI is InChI=1S/C14H10Cl2N4O3S/c15-11-6-1-8(7-12(11)16)13(21)17-14(24)19-18-9-2-4-10(5-3-9)20(22)23/h1-7,18H,(H2,17,19,21,24). The van der Waals surface area contributed by atoms with Gasteiger partial charge in [0.1, 0.15) is 0 Å². The lowest BCUT2D eigenvalue weighted by molar-refractivity contribution is -0.384. The summed E-state index contributed by atoms with van der Waals surface area (Å²) in [5, 5.41) is 13.6. The van der Waals surface area contributed by atoms with Crippen molar-refractivity contribution < 1.29 is 9.72 Å². The van der Waals surface area contributed by atoms with E-state index in [4.69, 9.17) is 35.4 Å². The number of carbonyl (C=O) groups excluding carboxylic acids is 1. The molecule has 0 radical (unpaired) electrons. The zero-order valence-corrected chi connectivity index (χ0v) is 14.2. The zero-order chi connectivity index (χ0) is 17.7. The fourth-order valence-corrected chi connectivity index (χ4v) is 2.08. The van der Waals surface area contributed by atoms with Crippen LogP contribution in [0.5, 0.6) is 0 Å². The van der Waals surface area contributed by atoms with Crippen molar-refractivity contribution in [2.45, 2.75) is 0 Å². The molecule has 3 N–H and O–H groups in total. The van der Waals surface area contributed by atoms with E-state index in [2.05, 4.69) is 16.2 Å². The van der Waals surface area contributed by atoms with Crippen LogP contribution in [0.25, 0.3) is 0 Å². The normalized spacial score (nSPS) is 9.92. The van der Waals surface area contributed by atoms with E-state index in [1.54, 1.807) is 0 Å². The molecule has 0 saturated heterocycles. The summed E-state index contributed by atoms with van der Waals surface area (Å²) in [6, 6.07) is 10.1. The smallest absolute Gasteiger partial charge is 0.269 e. The number of benzene rings is 2. The Balaban J connectivity index is 1.89. The lowest BCUT2D eigenvalue weighted by Crippen LogP contribution is -2.41. The largest absolute Gasteiger partial charge is 0.299 e. The van der Waals surface area contributed by atoms with E-state index in [1.165, 1.54) is 42.5 Å². The summed E-state index contributed by atoms with van der Waals surface area (Å²) >= 11 is 16.6. The number of amides is 1. The van der Waals surface area contributed by atoms with Gasteiger partial charge in [0.15, 0.2) is 5.11 Å². The number of nitro benzene ring substituents is 1. The number of hydrogen-bond donors (Lipinski definition) is 3. The third-order valence-corrected chi connectivity index (χ3v) is 3.75. The predicted molar refractivity (Wildman–Crippen MR) is 96.4 cm³/mol. The Labute approximate surface area is 152 Å². The minimum absolute atomic E-state index is 0.0180. The maximum atomic E-state index is 12.0. The highest BCUT2D eigenvalue weighted by atomic mass is 35.5. The molecule has 0 saturated carbocycles. The van der Waals surface area contributed by atoms with Crippen molar-refractivity contribution in [1.29, 1.82) is 0 Å². The highest BCUT2D eigenvalue weighted by molar-refractivity contribution is 7.80. The van der Waals surface area contributed by atoms with Gasteiger partial charge in [0.25, 0.3) is 11.6 Å². The van der Waals surface area contributed by atoms with Gasteiger partial charge in [-0.1, -0.05) is 23.2 Å². The average molecular weight is 385 g/mol. The summed E-state index contributed by atoms with van der Waals surface area (Å²) in [4.78, 5) is 22.1. The minimum atomic E-state index is -0.501. The van der Waals surface area contributed by atoms with Crippen LogP contribution in [0.15, 0.2) is 42.5 Å². The molecule has 0 aliphatic rings. The van der Waals surface area contributed by atoms with Crippen LogP contribution in [-0.4, -0.2) is 15.9 Å².